The molecule has 0 aliphatic rings. The van der Waals surface area contributed by atoms with Crippen molar-refractivity contribution in [3.8, 4) is 11.1 Å². The zero-order valence-electron chi connectivity index (χ0n) is 9.88. The van der Waals surface area contributed by atoms with Gasteiger partial charge >= 0.3 is 5.97 Å². The lowest BCUT2D eigenvalue weighted by molar-refractivity contribution is 0.0696. The molecule has 5 heteroatoms. The van der Waals surface area contributed by atoms with Crippen LogP contribution in [0.4, 0.5) is 13.2 Å². The Labute approximate surface area is 107 Å². The zero-order valence-corrected chi connectivity index (χ0v) is 9.88. The first-order chi connectivity index (χ1) is 8.91. The summed E-state index contributed by atoms with van der Waals surface area (Å²) < 4.78 is 39.3. The van der Waals surface area contributed by atoms with E-state index in [0.717, 1.165) is 12.1 Å². The molecule has 0 heterocycles. The minimum absolute atomic E-state index is 0.0302. The largest absolute Gasteiger partial charge is 0.478 e. The van der Waals surface area contributed by atoms with Gasteiger partial charge in [0.2, 0.25) is 0 Å². The number of aromatic carboxylic acids is 1. The predicted molar refractivity (Wildman–Crippen MR) is 63.4 cm³/mol. The van der Waals surface area contributed by atoms with Gasteiger partial charge in [0.1, 0.15) is 0 Å². The second-order valence-corrected chi connectivity index (χ2v) is 4.04. The number of halogens is 3. The summed E-state index contributed by atoms with van der Waals surface area (Å²) in [6.45, 7) is 1.53. The molecule has 2 aromatic rings. The smallest absolute Gasteiger partial charge is 0.335 e. The summed E-state index contributed by atoms with van der Waals surface area (Å²) in [6, 6.07) is 6.05. The van der Waals surface area contributed by atoms with Gasteiger partial charge in [-0.25, -0.2) is 18.0 Å². The van der Waals surface area contributed by atoms with E-state index in [9.17, 15) is 18.0 Å². The van der Waals surface area contributed by atoms with Crippen LogP contribution in [0.1, 0.15) is 15.9 Å². The summed E-state index contributed by atoms with van der Waals surface area (Å²) >= 11 is 0. The molecular weight excluding hydrogens is 257 g/mol. The minimum Gasteiger partial charge on any atom is -0.478 e. The topological polar surface area (TPSA) is 37.3 Å². The second kappa shape index (κ2) is 4.76. The Bertz CT molecular complexity index is 643. The van der Waals surface area contributed by atoms with Crippen LogP contribution in [-0.4, -0.2) is 11.1 Å². The summed E-state index contributed by atoms with van der Waals surface area (Å²) in [5.74, 6) is -5.30. The molecule has 2 rings (SSSR count). The molecule has 0 radical (unpaired) electrons. The molecule has 0 aromatic heterocycles. The standard InChI is InChI=1S/C14H9F3O2/c1-7-9(3-2-4-10(7)14(18)19)8-5-11(15)13(17)12(16)6-8/h2-6H,1H3,(H,18,19). The molecule has 0 fully saturated rings. The first-order valence-corrected chi connectivity index (χ1v) is 5.39. The highest BCUT2D eigenvalue weighted by Crippen LogP contribution is 2.28. The average molecular weight is 266 g/mol. The molecule has 0 amide bonds. The Morgan fingerprint density at radius 2 is 1.68 bits per heavy atom. The number of benzene rings is 2. The number of rotatable bonds is 2. The highest BCUT2D eigenvalue weighted by atomic mass is 19.2. The fourth-order valence-electron chi connectivity index (χ4n) is 1.89. The van der Waals surface area contributed by atoms with Gasteiger partial charge in [-0.1, -0.05) is 12.1 Å². The van der Waals surface area contributed by atoms with E-state index in [1.54, 1.807) is 0 Å². The van der Waals surface area contributed by atoms with Crippen molar-refractivity contribution >= 4 is 5.97 Å². The summed E-state index contributed by atoms with van der Waals surface area (Å²) in [4.78, 5) is 11.0. The molecule has 0 atom stereocenters. The van der Waals surface area contributed by atoms with Crippen molar-refractivity contribution in [3.05, 3.63) is 58.9 Å². The van der Waals surface area contributed by atoms with Crippen LogP contribution < -0.4 is 0 Å². The zero-order chi connectivity index (χ0) is 14.2. The van der Waals surface area contributed by atoms with Crippen molar-refractivity contribution in [3.63, 3.8) is 0 Å². The summed E-state index contributed by atoms with van der Waals surface area (Å²) in [5, 5.41) is 8.98. The van der Waals surface area contributed by atoms with Crippen molar-refractivity contribution in [1.29, 1.82) is 0 Å². The lowest BCUT2D eigenvalue weighted by atomic mass is 9.96. The molecule has 0 spiro atoms. The van der Waals surface area contributed by atoms with Gasteiger partial charge in [-0.3, -0.25) is 0 Å². The third-order valence-electron chi connectivity index (χ3n) is 2.86. The Hall–Kier alpha value is -2.30. The molecule has 1 N–H and O–H groups in total. The Kier molecular flexibility index (Phi) is 3.29. The van der Waals surface area contributed by atoms with Gasteiger partial charge in [0.15, 0.2) is 17.5 Å². The van der Waals surface area contributed by atoms with Crippen molar-refractivity contribution < 1.29 is 23.1 Å². The molecule has 19 heavy (non-hydrogen) atoms. The second-order valence-electron chi connectivity index (χ2n) is 4.04. The maximum Gasteiger partial charge on any atom is 0.335 e. The number of carboxylic acids is 1. The van der Waals surface area contributed by atoms with Crippen LogP contribution in [0.5, 0.6) is 0 Å². The number of carboxylic acid groups (broad SMARTS) is 1. The van der Waals surface area contributed by atoms with Crippen LogP contribution in [0.2, 0.25) is 0 Å². The highest BCUT2D eigenvalue weighted by molar-refractivity contribution is 5.92. The highest BCUT2D eigenvalue weighted by Gasteiger charge is 2.15. The van der Waals surface area contributed by atoms with E-state index in [1.807, 2.05) is 0 Å². The molecule has 98 valence electrons. The molecule has 0 bridgehead atoms. The third kappa shape index (κ3) is 2.31. The fourth-order valence-corrected chi connectivity index (χ4v) is 1.89. The summed E-state index contributed by atoms with van der Waals surface area (Å²) in [6.07, 6.45) is 0. The minimum atomic E-state index is -1.55. The predicted octanol–water partition coefficient (Wildman–Crippen LogP) is 3.78. The van der Waals surface area contributed by atoms with Crippen LogP contribution in [0.3, 0.4) is 0 Å². The van der Waals surface area contributed by atoms with Gasteiger partial charge in [0.25, 0.3) is 0 Å². The maximum atomic E-state index is 13.2. The van der Waals surface area contributed by atoms with Gasteiger partial charge < -0.3 is 5.11 Å². The van der Waals surface area contributed by atoms with E-state index in [4.69, 9.17) is 5.11 Å². The Balaban J connectivity index is 2.66. The summed E-state index contributed by atoms with van der Waals surface area (Å²) in [7, 11) is 0. The SMILES string of the molecule is Cc1c(C(=O)O)cccc1-c1cc(F)c(F)c(F)c1. The molecule has 0 saturated carbocycles. The van der Waals surface area contributed by atoms with Gasteiger partial charge in [-0.05, 0) is 41.8 Å². The number of carbonyl (C=O) groups is 1. The van der Waals surface area contributed by atoms with E-state index in [2.05, 4.69) is 0 Å². The van der Waals surface area contributed by atoms with Gasteiger partial charge in [0, 0.05) is 0 Å². The molecule has 0 saturated heterocycles. The van der Waals surface area contributed by atoms with E-state index in [1.165, 1.54) is 25.1 Å². The molecular formula is C14H9F3O2. The summed E-state index contributed by atoms with van der Waals surface area (Å²) in [5.41, 5.74) is 0.831. The van der Waals surface area contributed by atoms with Crippen molar-refractivity contribution in [2.75, 3.05) is 0 Å². The van der Waals surface area contributed by atoms with Crippen molar-refractivity contribution in [1.82, 2.24) is 0 Å². The third-order valence-corrected chi connectivity index (χ3v) is 2.86. The first-order valence-electron chi connectivity index (χ1n) is 5.39. The van der Waals surface area contributed by atoms with E-state index in [0.29, 0.717) is 11.1 Å². The Morgan fingerprint density at radius 1 is 1.11 bits per heavy atom. The molecule has 2 aromatic carbocycles. The van der Waals surface area contributed by atoms with Crippen LogP contribution >= 0.6 is 0 Å². The average Bonchev–Trinajstić information content (AvgIpc) is 2.35. The lowest BCUT2D eigenvalue weighted by Crippen LogP contribution is -2.01. The van der Waals surface area contributed by atoms with Crippen LogP contribution in [0.25, 0.3) is 11.1 Å². The number of hydrogen-bond acceptors (Lipinski definition) is 1. The van der Waals surface area contributed by atoms with Crippen molar-refractivity contribution in [2.24, 2.45) is 0 Å². The fraction of sp³-hybridized carbons (Fsp3) is 0.0714. The maximum absolute atomic E-state index is 13.2. The monoisotopic (exact) mass is 266 g/mol. The van der Waals surface area contributed by atoms with Crippen molar-refractivity contribution in [2.45, 2.75) is 6.92 Å². The molecule has 0 aliphatic heterocycles. The van der Waals surface area contributed by atoms with E-state index in [-0.39, 0.29) is 11.1 Å². The van der Waals surface area contributed by atoms with Crippen LogP contribution in [0, 0.1) is 24.4 Å². The quantitative estimate of drug-likeness (QED) is 0.840. The molecule has 0 unspecified atom stereocenters. The van der Waals surface area contributed by atoms with Gasteiger partial charge in [0.05, 0.1) is 5.56 Å². The normalized spacial score (nSPS) is 10.5. The van der Waals surface area contributed by atoms with Crippen LogP contribution in [-0.2, 0) is 0 Å². The van der Waals surface area contributed by atoms with Crippen LogP contribution in [0.15, 0.2) is 30.3 Å². The molecule has 2 nitrogen and oxygen atoms in total. The molecule has 0 aliphatic carbocycles. The van der Waals surface area contributed by atoms with E-state index >= 15 is 0 Å². The van der Waals surface area contributed by atoms with E-state index < -0.39 is 23.4 Å². The number of hydrogen-bond donors (Lipinski definition) is 1. The Morgan fingerprint density at radius 3 is 2.21 bits per heavy atom. The lowest BCUT2D eigenvalue weighted by Gasteiger charge is -2.09. The van der Waals surface area contributed by atoms with Gasteiger partial charge in [-0.15, -0.1) is 0 Å². The van der Waals surface area contributed by atoms with Gasteiger partial charge in [-0.2, -0.15) is 0 Å². The first kappa shape index (κ1) is 13.1.